The standard InChI is InChI=1S/C17H20N2O5/c20-16(15-11-23-13-3-1-2-4-14(13)24-15)19-8-6-18(7-9-19)12-5-10-22-17(12)21/h1-4,12,15H,5-11H2/t12-,15+/m1/s1. The Morgan fingerprint density at radius 3 is 2.50 bits per heavy atom. The number of piperazine rings is 1. The summed E-state index contributed by atoms with van der Waals surface area (Å²) in [4.78, 5) is 28.2. The molecule has 7 nitrogen and oxygen atoms in total. The third kappa shape index (κ3) is 2.80. The van der Waals surface area contributed by atoms with Crippen LogP contribution in [0.25, 0.3) is 0 Å². The molecule has 24 heavy (non-hydrogen) atoms. The molecule has 0 N–H and O–H groups in total. The SMILES string of the molecule is O=C1OCC[C@H]1N1CCN(C(=O)[C@@H]2COc3ccccc3O2)CC1. The molecule has 2 fully saturated rings. The largest absolute Gasteiger partial charge is 0.485 e. The highest BCUT2D eigenvalue weighted by atomic mass is 16.6. The minimum Gasteiger partial charge on any atom is -0.485 e. The molecule has 1 aromatic rings. The number of esters is 1. The lowest BCUT2D eigenvalue weighted by molar-refractivity contribution is -0.145. The van der Waals surface area contributed by atoms with E-state index in [1.165, 1.54) is 0 Å². The van der Waals surface area contributed by atoms with Crippen LogP contribution in [-0.4, -0.2) is 73.2 Å². The number of cyclic esters (lactones) is 1. The minimum absolute atomic E-state index is 0.0573. The Morgan fingerprint density at radius 1 is 1.04 bits per heavy atom. The van der Waals surface area contributed by atoms with Crippen LogP contribution in [0, 0.1) is 0 Å². The minimum atomic E-state index is -0.608. The Kier molecular flexibility index (Phi) is 4.02. The molecule has 3 aliphatic heterocycles. The summed E-state index contributed by atoms with van der Waals surface area (Å²) in [6, 6.07) is 7.21. The van der Waals surface area contributed by atoms with Crippen LogP contribution in [0.2, 0.25) is 0 Å². The molecule has 0 aliphatic carbocycles. The van der Waals surface area contributed by atoms with Crippen molar-refractivity contribution in [2.24, 2.45) is 0 Å². The normalized spacial score (nSPS) is 27.0. The van der Waals surface area contributed by atoms with Gasteiger partial charge in [-0.15, -0.1) is 0 Å². The summed E-state index contributed by atoms with van der Waals surface area (Å²) in [5.41, 5.74) is 0. The highest BCUT2D eigenvalue weighted by Crippen LogP contribution is 2.31. The molecule has 2 saturated heterocycles. The van der Waals surface area contributed by atoms with Crippen molar-refractivity contribution in [3.8, 4) is 11.5 Å². The van der Waals surface area contributed by atoms with Gasteiger partial charge in [0.15, 0.2) is 11.5 Å². The fraction of sp³-hybridized carbons (Fsp3) is 0.529. The number of amides is 1. The summed E-state index contributed by atoms with van der Waals surface area (Å²) >= 11 is 0. The number of ether oxygens (including phenoxy) is 3. The van der Waals surface area contributed by atoms with Crippen molar-refractivity contribution in [3.63, 3.8) is 0 Å². The van der Waals surface area contributed by atoms with E-state index < -0.39 is 6.10 Å². The summed E-state index contributed by atoms with van der Waals surface area (Å²) in [7, 11) is 0. The molecule has 0 spiro atoms. The first-order valence-corrected chi connectivity index (χ1v) is 8.30. The number of fused-ring (bicyclic) bond motifs is 1. The molecule has 7 heteroatoms. The van der Waals surface area contributed by atoms with E-state index >= 15 is 0 Å². The Hall–Kier alpha value is -2.28. The van der Waals surface area contributed by atoms with E-state index in [2.05, 4.69) is 4.90 Å². The van der Waals surface area contributed by atoms with Gasteiger partial charge in [-0.25, -0.2) is 0 Å². The Labute approximate surface area is 140 Å². The second-order valence-electron chi connectivity index (χ2n) is 6.20. The van der Waals surface area contributed by atoms with Gasteiger partial charge >= 0.3 is 5.97 Å². The van der Waals surface area contributed by atoms with Crippen LogP contribution >= 0.6 is 0 Å². The zero-order valence-electron chi connectivity index (χ0n) is 13.3. The lowest BCUT2D eigenvalue weighted by atomic mass is 10.1. The third-order valence-corrected chi connectivity index (χ3v) is 4.76. The first kappa shape index (κ1) is 15.3. The van der Waals surface area contributed by atoms with Gasteiger partial charge in [0.2, 0.25) is 6.10 Å². The number of carbonyl (C=O) groups is 2. The van der Waals surface area contributed by atoms with Crippen molar-refractivity contribution in [3.05, 3.63) is 24.3 Å². The summed E-state index contributed by atoms with van der Waals surface area (Å²) < 4.78 is 16.4. The molecule has 4 rings (SSSR count). The number of nitrogens with zero attached hydrogens (tertiary/aromatic N) is 2. The average molecular weight is 332 g/mol. The van der Waals surface area contributed by atoms with E-state index in [9.17, 15) is 9.59 Å². The molecular formula is C17H20N2O5. The molecule has 128 valence electrons. The predicted octanol–water partition coefficient (Wildman–Crippen LogP) is 0.286. The quantitative estimate of drug-likeness (QED) is 0.725. The molecule has 0 unspecified atom stereocenters. The predicted molar refractivity (Wildman–Crippen MR) is 83.9 cm³/mol. The molecule has 3 heterocycles. The van der Waals surface area contributed by atoms with E-state index in [4.69, 9.17) is 14.2 Å². The van der Waals surface area contributed by atoms with E-state index in [1.807, 2.05) is 18.2 Å². The molecule has 2 atom stereocenters. The topological polar surface area (TPSA) is 68.3 Å². The highest BCUT2D eigenvalue weighted by molar-refractivity contribution is 5.82. The third-order valence-electron chi connectivity index (χ3n) is 4.76. The van der Waals surface area contributed by atoms with Crippen LogP contribution in [0.3, 0.4) is 0 Å². The molecule has 0 radical (unpaired) electrons. The Bertz CT molecular complexity index is 642. The fourth-order valence-corrected chi connectivity index (χ4v) is 3.42. The van der Waals surface area contributed by atoms with Gasteiger partial charge in [-0.3, -0.25) is 14.5 Å². The van der Waals surface area contributed by atoms with Gasteiger partial charge in [0, 0.05) is 32.6 Å². The number of benzene rings is 1. The van der Waals surface area contributed by atoms with Gasteiger partial charge < -0.3 is 19.1 Å². The van der Waals surface area contributed by atoms with Crippen LogP contribution in [0.5, 0.6) is 11.5 Å². The molecule has 0 aromatic heterocycles. The van der Waals surface area contributed by atoms with Gasteiger partial charge in [0.1, 0.15) is 12.6 Å². The Morgan fingerprint density at radius 2 is 1.79 bits per heavy atom. The van der Waals surface area contributed by atoms with Crippen molar-refractivity contribution in [2.45, 2.75) is 18.6 Å². The maximum Gasteiger partial charge on any atom is 0.323 e. The molecule has 3 aliphatic rings. The summed E-state index contributed by atoms with van der Waals surface area (Å²) in [6.07, 6.45) is 0.131. The summed E-state index contributed by atoms with van der Waals surface area (Å²) in [5, 5.41) is 0. The molecule has 1 amide bonds. The van der Waals surface area contributed by atoms with Gasteiger partial charge in [-0.2, -0.15) is 0 Å². The second-order valence-corrected chi connectivity index (χ2v) is 6.20. The zero-order chi connectivity index (χ0) is 16.5. The zero-order valence-corrected chi connectivity index (χ0v) is 13.3. The van der Waals surface area contributed by atoms with E-state index in [0.29, 0.717) is 44.3 Å². The summed E-state index contributed by atoms with van der Waals surface area (Å²) in [6.45, 7) is 3.25. The number of rotatable bonds is 2. The van der Waals surface area contributed by atoms with Crippen LogP contribution in [0.1, 0.15) is 6.42 Å². The fourth-order valence-electron chi connectivity index (χ4n) is 3.42. The summed E-state index contributed by atoms with van der Waals surface area (Å²) in [5.74, 6) is 1.08. The van der Waals surface area contributed by atoms with Crippen molar-refractivity contribution < 1.29 is 23.8 Å². The maximum atomic E-state index is 12.7. The van der Waals surface area contributed by atoms with Crippen molar-refractivity contribution in [2.75, 3.05) is 39.4 Å². The van der Waals surface area contributed by atoms with Gasteiger partial charge in [0.05, 0.1) is 6.61 Å². The van der Waals surface area contributed by atoms with Crippen LogP contribution < -0.4 is 9.47 Å². The smallest absolute Gasteiger partial charge is 0.323 e. The number of para-hydroxylation sites is 2. The molecule has 0 bridgehead atoms. The Balaban J connectivity index is 1.34. The first-order chi connectivity index (χ1) is 11.7. The number of carbonyl (C=O) groups excluding carboxylic acids is 2. The van der Waals surface area contributed by atoms with Crippen LogP contribution in [0.4, 0.5) is 0 Å². The van der Waals surface area contributed by atoms with Gasteiger partial charge in [-0.1, -0.05) is 12.1 Å². The molecular weight excluding hydrogens is 312 g/mol. The average Bonchev–Trinajstić information content (AvgIpc) is 3.07. The van der Waals surface area contributed by atoms with E-state index in [1.54, 1.807) is 11.0 Å². The lowest BCUT2D eigenvalue weighted by Gasteiger charge is -2.38. The molecule has 0 saturated carbocycles. The van der Waals surface area contributed by atoms with Crippen molar-refractivity contribution in [1.29, 1.82) is 0 Å². The second kappa shape index (κ2) is 6.32. The van der Waals surface area contributed by atoms with Crippen molar-refractivity contribution in [1.82, 2.24) is 9.80 Å². The first-order valence-electron chi connectivity index (χ1n) is 8.30. The monoisotopic (exact) mass is 332 g/mol. The maximum absolute atomic E-state index is 12.7. The van der Waals surface area contributed by atoms with Gasteiger partial charge in [-0.05, 0) is 12.1 Å². The van der Waals surface area contributed by atoms with Crippen LogP contribution in [0.15, 0.2) is 24.3 Å². The van der Waals surface area contributed by atoms with Crippen LogP contribution in [-0.2, 0) is 14.3 Å². The number of hydrogen-bond donors (Lipinski definition) is 0. The number of hydrogen-bond acceptors (Lipinski definition) is 6. The van der Waals surface area contributed by atoms with E-state index in [-0.39, 0.29) is 24.5 Å². The van der Waals surface area contributed by atoms with Crippen molar-refractivity contribution >= 4 is 11.9 Å². The molecule has 1 aromatic carbocycles. The highest BCUT2D eigenvalue weighted by Gasteiger charge is 2.37. The lowest BCUT2D eigenvalue weighted by Crippen LogP contribution is -2.56. The van der Waals surface area contributed by atoms with E-state index in [0.717, 1.165) is 6.42 Å². The van der Waals surface area contributed by atoms with Gasteiger partial charge in [0.25, 0.3) is 5.91 Å².